The van der Waals surface area contributed by atoms with Crippen LogP contribution in [-0.4, -0.2) is 77.8 Å². The van der Waals surface area contributed by atoms with Gasteiger partial charge < -0.3 is 39.7 Å². The minimum Gasteiger partial charge on any atom is -0.478 e. The minimum atomic E-state index is -1.47. The van der Waals surface area contributed by atoms with Crippen LogP contribution in [0.15, 0.2) is 84.6 Å². The summed E-state index contributed by atoms with van der Waals surface area (Å²) in [7, 11) is 0. The predicted octanol–water partition coefficient (Wildman–Crippen LogP) is 4.52. The number of fused-ring (bicyclic) bond motifs is 1. The third kappa shape index (κ3) is 8.97. The molecule has 2 atom stereocenters. The van der Waals surface area contributed by atoms with Crippen molar-refractivity contribution in [3.8, 4) is 0 Å². The highest BCUT2D eigenvalue weighted by molar-refractivity contribution is 5.91. The van der Waals surface area contributed by atoms with Gasteiger partial charge in [0, 0.05) is 56.6 Å². The fourth-order valence-electron chi connectivity index (χ4n) is 6.00. The lowest BCUT2D eigenvalue weighted by Crippen LogP contribution is -2.55. The third-order valence-corrected chi connectivity index (χ3v) is 8.73. The van der Waals surface area contributed by atoms with E-state index in [1.165, 1.54) is 6.20 Å². The second-order valence-electron chi connectivity index (χ2n) is 12.1. The number of benzene rings is 3. The monoisotopic (exact) mass is 688 g/mol. The van der Waals surface area contributed by atoms with E-state index in [0.29, 0.717) is 12.2 Å². The lowest BCUT2D eigenvalue weighted by molar-refractivity contribution is -0.145. The number of piperazine rings is 1. The van der Waals surface area contributed by atoms with Crippen molar-refractivity contribution in [3.63, 3.8) is 0 Å². The van der Waals surface area contributed by atoms with Crippen molar-refractivity contribution in [1.82, 2.24) is 10.2 Å². The Hall–Kier alpha value is -5.43. The van der Waals surface area contributed by atoms with Crippen molar-refractivity contribution in [1.29, 1.82) is 0 Å². The van der Waals surface area contributed by atoms with Crippen LogP contribution in [-0.2, 0) is 37.1 Å². The van der Waals surface area contributed by atoms with Gasteiger partial charge in [-0.3, -0.25) is 9.59 Å². The summed E-state index contributed by atoms with van der Waals surface area (Å²) in [5.41, 5.74) is 2.33. The number of carbonyl (C=O) groups is 4. The number of rotatable bonds is 13. The summed E-state index contributed by atoms with van der Waals surface area (Å²) in [6.45, 7) is 3.40. The molecule has 0 spiro atoms. The molecular formula is C37H41FN4O8. The highest BCUT2D eigenvalue weighted by Gasteiger charge is 2.33. The molecule has 0 radical (unpaired) electrons. The van der Waals surface area contributed by atoms with E-state index >= 15 is 4.39 Å². The summed E-state index contributed by atoms with van der Waals surface area (Å²) in [5.74, 6) is -2.68. The Kier molecular flexibility index (Phi) is 12.0. The summed E-state index contributed by atoms with van der Waals surface area (Å²) in [6.07, 6.45) is -0.389. The number of carbonyl (C=O) groups excluding carboxylic acids is 3. The van der Waals surface area contributed by atoms with Crippen LogP contribution >= 0.6 is 0 Å². The Morgan fingerprint density at radius 2 is 1.52 bits per heavy atom. The number of anilines is 2. The second kappa shape index (κ2) is 16.8. The Morgan fingerprint density at radius 3 is 2.12 bits per heavy atom. The largest absolute Gasteiger partial charge is 0.478 e. The fourth-order valence-corrected chi connectivity index (χ4v) is 6.00. The van der Waals surface area contributed by atoms with Crippen molar-refractivity contribution >= 4 is 35.3 Å². The fraction of sp³-hybridized carbons (Fsp3) is 0.351. The van der Waals surface area contributed by atoms with E-state index in [1.807, 2.05) is 67.6 Å². The summed E-state index contributed by atoms with van der Waals surface area (Å²) in [5, 5.41) is 22.8. The maximum absolute atomic E-state index is 15.5. The molecule has 12 nitrogen and oxygen atoms in total. The first-order chi connectivity index (χ1) is 24.1. The topological polar surface area (TPSA) is 149 Å². The minimum absolute atomic E-state index is 0.0182. The maximum atomic E-state index is 15.5. The molecule has 3 aromatic rings. The van der Waals surface area contributed by atoms with Gasteiger partial charge in [0.2, 0.25) is 5.91 Å². The number of hydrogen-bond donors (Lipinski definition) is 3. The molecule has 3 aromatic carbocycles. The van der Waals surface area contributed by atoms with Crippen LogP contribution < -0.4 is 15.1 Å². The molecule has 2 heterocycles. The van der Waals surface area contributed by atoms with Gasteiger partial charge in [-0.1, -0.05) is 60.7 Å². The molecular weight excluding hydrogens is 647 g/mol. The van der Waals surface area contributed by atoms with Gasteiger partial charge in [-0.2, -0.15) is 0 Å². The molecule has 5 rings (SSSR count). The molecule has 264 valence electrons. The van der Waals surface area contributed by atoms with E-state index in [0.717, 1.165) is 17.2 Å². The lowest BCUT2D eigenvalue weighted by Gasteiger charge is -2.39. The Balaban J connectivity index is 1.21. The number of ether oxygens (including phenoxy) is 2. The zero-order chi connectivity index (χ0) is 35.6. The van der Waals surface area contributed by atoms with Crippen molar-refractivity contribution < 1.29 is 43.3 Å². The van der Waals surface area contributed by atoms with Crippen molar-refractivity contribution in [2.45, 2.75) is 51.5 Å². The standard InChI is InChI=1S/C37H41FN4O8/c1-2-40-22-28(36(46)47)34(44)27-20-29(38)32(21-31(27)40)41-16-18-42(19-17-41)35(45)30(39-37(48)50-24-26-12-7-4-8-13-26)14-9-15-33(43)49-23-25-10-5-3-6-11-25/h3-8,10-13,20-22,30,34,44H,2,9,14-19,23-24H2,1H3,(H,39,48)(H,46,47). The molecule has 1 saturated heterocycles. The molecule has 0 saturated carbocycles. The number of aliphatic hydroxyl groups excluding tert-OH is 1. The molecule has 3 N–H and O–H groups in total. The molecule has 2 amide bonds. The number of alkyl carbamates (subject to hydrolysis) is 1. The molecule has 0 bridgehead atoms. The second-order valence-corrected chi connectivity index (χ2v) is 12.1. The summed E-state index contributed by atoms with van der Waals surface area (Å²) >= 11 is 0. The average Bonchev–Trinajstić information content (AvgIpc) is 3.13. The van der Waals surface area contributed by atoms with Crippen LogP contribution in [0.2, 0.25) is 0 Å². The number of nitrogens with one attached hydrogen (secondary N) is 1. The van der Waals surface area contributed by atoms with Crippen LogP contribution in [0, 0.1) is 5.82 Å². The average molecular weight is 689 g/mol. The van der Waals surface area contributed by atoms with Crippen molar-refractivity contribution in [3.05, 3.63) is 107 Å². The first-order valence-electron chi connectivity index (χ1n) is 16.6. The zero-order valence-corrected chi connectivity index (χ0v) is 27.8. The number of aliphatic hydroxyl groups is 1. The first-order valence-corrected chi connectivity index (χ1v) is 16.6. The molecule has 2 aliphatic heterocycles. The van der Waals surface area contributed by atoms with Gasteiger partial charge in [0.05, 0.1) is 11.3 Å². The lowest BCUT2D eigenvalue weighted by atomic mass is 9.95. The van der Waals surface area contributed by atoms with Crippen LogP contribution in [0.25, 0.3) is 0 Å². The number of amides is 2. The van der Waals surface area contributed by atoms with Gasteiger partial charge in [0.1, 0.15) is 31.2 Å². The summed E-state index contributed by atoms with van der Waals surface area (Å²) < 4.78 is 26.2. The Morgan fingerprint density at radius 1 is 0.900 bits per heavy atom. The maximum Gasteiger partial charge on any atom is 0.408 e. The van der Waals surface area contributed by atoms with Crippen molar-refractivity contribution in [2.75, 3.05) is 42.5 Å². The zero-order valence-electron chi connectivity index (χ0n) is 27.8. The van der Waals surface area contributed by atoms with E-state index in [-0.39, 0.29) is 81.4 Å². The van der Waals surface area contributed by atoms with Gasteiger partial charge in [-0.25, -0.2) is 14.0 Å². The van der Waals surface area contributed by atoms with E-state index in [1.54, 1.807) is 20.8 Å². The first kappa shape index (κ1) is 35.9. The SMILES string of the molecule is CCN1C=C(C(=O)O)C(O)c2cc(F)c(N3CCN(C(=O)C(CCCC(=O)OCc4ccccc4)NC(=O)OCc4ccccc4)CC3)cc21. The molecule has 2 unspecified atom stereocenters. The number of carboxylic acids is 1. The van der Waals surface area contributed by atoms with E-state index in [9.17, 15) is 29.4 Å². The van der Waals surface area contributed by atoms with Crippen LogP contribution in [0.4, 0.5) is 20.6 Å². The van der Waals surface area contributed by atoms with E-state index in [4.69, 9.17) is 9.47 Å². The molecule has 0 aliphatic carbocycles. The van der Waals surface area contributed by atoms with Crippen LogP contribution in [0.1, 0.15) is 49.0 Å². The van der Waals surface area contributed by atoms with Gasteiger partial charge in [-0.15, -0.1) is 0 Å². The molecule has 13 heteroatoms. The summed E-state index contributed by atoms with van der Waals surface area (Å²) in [4.78, 5) is 55.7. The van der Waals surface area contributed by atoms with Crippen molar-refractivity contribution in [2.24, 2.45) is 0 Å². The normalized spacial score (nSPS) is 16.2. The Bertz CT molecular complexity index is 1700. The molecule has 50 heavy (non-hydrogen) atoms. The van der Waals surface area contributed by atoms with Gasteiger partial charge in [0.15, 0.2) is 0 Å². The number of carboxylic acid groups (broad SMARTS) is 1. The quantitative estimate of drug-likeness (QED) is 0.219. The Labute approximate surface area is 289 Å². The molecule has 0 aromatic heterocycles. The number of halogens is 1. The molecule has 2 aliphatic rings. The third-order valence-electron chi connectivity index (χ3n) is 8.73. The summed E-state index contributed by atoms with van der Waals surface area (Å²) in [6, 6.07) is 20.2. The molecule has 1 fully saturated rings. The van der Waals surface area contributed by atoms with Gasteiger partial charge >= 0.3 is 18.0 Å². The van der Waals surface area contributed by atoms with Crippen LogP contribution in [0.3, 0.4) is 0 Å². The van der Waals surface area contributed by atoms with E-state index in [2.05, 4.69) is 5.32 Å². The van der Waals surface area contributed by atoms with E-state index < -0.39 is 36.0 Å². The van der Waals surface area contributed by atoms with Gasteiger partial charge in [-0.05, 0) is 43.0 Å². The number of esters is 1. The highest BCUT2D eigenvalue weighted by atomic mass is 19.1. The van der Waals surface area contributed by atoms with Crippen LogP contribution in [0.5, 0.6) is 0 Å². The van der Waals surface area contributed by atoms with Gasteiger partial charge in [0.25, 0.3) is 0 Å². The smallest absolute Gasteiger partial charge is 0.408 e. The number of aliphatic carboxylic acids is 1. The highest BCUT2D eigenvalue weighted by Crippen LogP contribution is 2.40. The predicted molar refractivity (Wildman–Crippen MR) is 183 cm³/mol. The number of hydrogen-bond acceptors (Lipinski definition) is 9. The number of nitrogens with zero attached hydrogens (tertiary/aromatic N) is 3.